The third-order valence-electron chi connectivity index (χ3n) is 6.63. The van der Waals surface area contributed by atoms with Crippen molar-refractivity contribution >= 4 is 6.09 Å². The molecule has 2 aliphatic heterocycles. The van der Waals surface area contributed by atoms with Gasteiger partial charge in [-0.05, 0) is 41.5 Å². The quantitative estimate of drug-likeness (QED) is 0.862. The second-order valence-electron chi connectivity index (χ2n) is 8.39. The first-order valence-corrected chi connectivity index (χ1v) is 10.6. The maximum Gasteiger partial charge on any atom is 0.410 e. The zero-order valence-electron chi connectivity index (χ0n) is 16.5. The Morgan fingerprint density at radius 3 is 2.45 bits per heavy atom. The van der Waals surface area contributed by atoms with E-state index >= 15 is 0 Å². The molecule has 5 heteroatoms. The molecule has 1 N–H and O–H groups in total. The molecule has 29 heavy (non-hydrogen) atoms. The summed E-state index contributed by atoms with van der Waals surface area (Å²) in [6, 6.07) is 16.7. The molecule has 0 bridgehead atoms. The van der Waals surface area contributed by atoms with Crippen LogP contribution in [0.1, 0.15) is 36.3 Å². The summed E-state index contributed by atoms with van der Waals surface area (Å²) in [7, 11) is 0. The molecule has 2 fully saturated rings. The van der Waals surface area contributed by atoms with Gasteiger partial charge in [-0.15, -0.1) is 0 Å². The van der Waals surface area contributed by atoms with Gasteiger partial charge in [0.05, 0.1) is 19.3 Å². The normalized spacial score (nSPS) is 26.2. The fraction of sp³-hybridized carbons (Fsp3) is 0.458. The van der Waals surface area contributed by atoms with Crippen LogP contribution in [0.5, 0.6) is 0 Å². The number of hydrogen-bond acceptors (Lipinski definition) is 4. The summed E-state index contributed by atoms with van der Waals surface area (Å²) in [4.78, 5) is 14.7. The van der Waals surface area contributed by atoms with Crippen LogP contribution in [-0.2, 0) is 9.47 Å². The minimum atomic E-state index is -0.484. The summed E-state index contributed by atoms with van der Waals surface area (Å²) in [6.45, 7) is 2.10. The lowest BCUT2D eigenvalue weighted by molar-refractivity contribution is 0.0164. The molecule has 1 amide bonds. The van der Waals surface area contributed by atoms with Gasteiger partial charge in [-0.2, -0.15) is 0 Å². The Hall–Kier alpha value is -2.37. The van der Waals surface area contributed by atoms with Gasteiger partial charge in [0.25, 0.3) is 0 Å². The van der Waals surface area contributed by atoms with E-state index in [4.69, 9.17) is 9.47 Å². The topological polar surface area (TPSA) is 59.0 Å². The lowest BCUT2D eigenvalue weighted by atomic mass is 9.92. The Morgan fingerprint density at radius 1 is 1.10 bits per heavy atom. The predicted octanol–water partition coefficient (Wildman–Crippen LogP) is 3.80. The summed E-state index contributed by atoms with van der Waals surface area (Å²) in [5.41, 5.74) is 4.86. The van der Waals surface area contributed by atoms with Crippen molar-refractivity contribution in [2.45, 2.75) is 37.3 Å². The molecule has 5 rings (SSSR count). The van der Waals surface area contributed by atoms with E-state index in [9.17, 15) is 9.90 Å². The van der Waals surface area contributed by atoms with Gasteiger partial charge in [-0.3, -0.25) is 0 Å². The van der Waals surface area contributed by atoms with Gasteiger partial charge in [0.2, 0.25) is 0 Å². The third-order valence-corrected chi connectivity index (χ3v) is 6.63. The molecule has 152 valence electrons. The minimum absolute atomic E-state index is 0.000880. The molecule has 2 saturated heterocycles. The van der Waals surface area contributed by atoms with Gasteiger partial charge in [-0.1, -0.05) is 48.5 Å². The summed E-state index contributed by atoms with van der Waals surface area (Å²) in [5.74, 6) is 0.330. The summed E-state index contributed by atoms with van der Waals surface area (Å²) in [6.07, 6.45) is 1.85. The number of nitrogens with zero attached hydrogens (tertiary/aromatic N) is 1. The number of β-amino-alcohol motifs (C(OH)–C–C–N with tert-alkyl or cyclic N) is 1. The van der Waals surface area contributed by atoms with Gasteiger partial charge < -0.3 is 19.5 Å². The Morgan fingerprint density at radius 2 is 1.79 bits per heavy atom. The molecule has 1 aliphatic carbocycles. The molecule has 2 aromatic rings. The molecule has 3 atom stereocenters. The molecule has 2 aromatic carbocycles. The van der Waals surface area contributed by atoms with Crippen molar-refractivity contribution < 1.29 is 19.4 Å². The number of rotatable bonds is 3. The summed E-state index contributed by atoms with van der Waals surface area (Å²) >= 11 is 0. The van der Waals surface area contributed by atoms with E-state index in [0.29, 0.717) is 26.2 Å². The van der Waals surface area contributed by atoms with Crippen LogP contribution in [-0.4, -0.2) is 54.6 Å². The molecule has 0 saturated carbocycles. The number of ether oxygens (including phenoxy) is 2. The Kier molecular flexibility index (Phi) is 5.02. The zero-order chi connectivity index (χ0) is 19.8. The van der Waals surface area contributed by atoms with E-state index in [-0.39, 0.29) is 24.0 Å². The molecule has 0 spiro atoms. The highest BCUT2D eigenvalue weighted by molar-refractivity contribution is 5.79. The van der Waals surface area contributed by atoms with Gasteiger partial charge >= 0.3 is 6.09 Å². The Balaban J connectivity index is 1.31. The van der Waals surface area contributed by atoms with Crippen molar-refractivity contribution in [3.63, 3.8) is 0 Å². The molecule has 3 unspecified atom stereocenters. The lowest BCUT2D eigenvalue weighted by Crippen LogP contribution is -2.43. The largest absolute Gasteiger partial charge is 0.448 e. The average molecular weight is 393 g/mol. The maximum atomic E-state index is 13.0. The first-order valence-electron chi connectivity index (χ1n) is 10.6. The van der Waals surface area contributed by atoms with E-state index in [1.165, 1.54) is 22.3 Å². The number of hydrogen-bond donors (Lipinski definition) is 1. The molecule has 2 heterocycles. The number of likely N-dealkylation sites (tertiary alicyclic amines) is 1. The van der Waals surface area contributed by atoms with Crippen LogP contribution < -0.4 is 0 Å². The highest BCUT2D eigenvalue weighted by Gasteiger charge is 2.41. The highest BCUT2D eigenvalue weighted by Crippen LogP contribution is 2.44. The smallest absolute Gasteiger partial charge is 0.410 e. The zero-order valence-corrected chi connectivity index (χ0v) is 16.5. The van der Waals surface area contributed by atoms with Gasteiger partial charge in [0.15, 0.2) is 0 Å². The third kappa shape index (κ3) is 3.43. The fourth-order valence-corrected chi connectivity index (χ4v) is 5.25. The van der Waals surface area contributed by atoms with E-state index in [1.54, 1.807) is 4.90 Å². The lowest BCUT2D eigenvalue weighted by Gasteiger charge is -2.33. The number of aliphatic hydroxyl groups is 1. The van der Waals surface area contributed by atoms with Gasteiger partial charge in [-0.25, -0.2) is 4.79 Å². The summed E-state index contributed by atoms with van der Waals surface area (Å²) in [5, 5.41) is 10.2. The number of amides is 1. The number of aliphatic hydroxyl groups excluding tert-OH is 1. The minimum Gasteiger partial charge on any atom is -0.448 e. The van der Waals surface area contributed by atoms with Crippen molar-refractivity contribution in [1.82, 2.24) is 4.90 Å². The Bertz CT molecular complexity index is 846. The monoisotopic (exact) mass is 393 g/mol. The van der Waals surface area contributed by atoms with E-state index in [0.717, 1.165) is 19.4 Å². The predicted molar refractivity (Wildman–Crippen MR) is 110 cm³/mol. The van der Waals surface area contributed by atoms with Crippen LogP contribution in [0.15, 0.2) is 48.5 Å². The molecular formula is C24H27NO4. The van der Waals surface area contributed by atoms with E-state index in [1.807, 2.05) is 24.3 Å². The standard InChI is InChI=1S/C24H27NO4/c26-17-12-23(16-6-5-11-28-14-16)25(13-17)24(27)29-15-22-20-9-3-1-7-18(20)19-8-2-4-10-21(19)22/h1-4,7-10,16-17,22-23,26H,5-6,11-15H2. The highest BCUT2D eigenvalue weighted by atomic mass is 16.6. The van der Waals surface area contributed by atoms with Crippen LogP contribution in [0, 0.1) is 5.92 Å². The van der Waals surface area contributed by atoms with Crippen LogP contribution in [0.4, 0.5) is 4.79 Å². The first-order chi connectivity index (χ1) is 14.2. The number of carbonyl (C=O) groups is 1. The van der Waals surface area contributed by atoms with Crippen LogP contribution in [0.25, 0.3) is 11.1 Å². The van der Waals surface area contributed by atoms with Crippen LogP contribution >= 0.6 is 0 Å². The van der Waals surface area contributed by atoms with E-state index in [2.05, 4.69) is 24.3 Å². The van der Waals surface area contributed by atoms with Gasteiger partial charge in [0, 0.05) is 24.5 Å². The van der Waals surface area contributed by atoms with Crippen LogP contribution in [0.3, 0.4) is 0 Å². The molecular weight excluding hydrogens is 366 g/mol. The SMILES string of the molecule is O=C(OCC1c2ccccc2-c2ccccc21)N1CC(O)CC1C1CCCOC1. The van der Waals surface area contributed by atoms with Crippen LogP contribution in [0.2, 0.25) is 0 Å². The van der Waals surface area contributed by atoms with E-state index < -0.39 is 6.10 Å². The second kappa shape index (κ2) is 7.81. The number of benzene rings is 2. The first kappa shape index (κ1) is 18.6. The molecule has 0 aromatic heterocycles. The number of carbonyl (C=O) groups excluding carboxylic acids is 1. The average Bonchev–Trinajstić information content (AvgIpc) is 3.31. The van der Waals surface area contributed by atoms with Crippen molar-refractivity contribution in [2.24, 2.45) is 5.92 Å². The Labute approximate surface area is 171 Å². The maximum absolute atomic E-state index is 13.0. The number of fused-ring (bicyclic) bond motifs is 3. The van der Waals surface area contributed by atoms with Crippen molar-refractivity contribution in [2.75, 3.05) is 26.4 Å². The fourth-order valence-electron chi connectivity index (χ4n) is 5.25. The summed E-state index contributed by atoms with van der Waals surface area (Å²) < 4.78 is 11.4. The van der Waals surface area contributed by atoms with Crippen molar-refractivity contribution in [3.05, 3.63) is 59.7 Å². The molecule has 5 nitrogen and oxygen atoms in total. The second-order valence-corrected chi connectivity index (χ2v) is 8.39. The van der Waals surface area contributed by atoms with Crippen molar-refractivity contribution in [1.29, 1.82) is 0 Å². The van der Waals surface area contributed by atoms with Crippen molar-refractivity contribution in [3.8, 4) is 11.1 Å². The molecule has 3 aliphatic rings. The van der Waals surface area contributed by atoms with Gasteiger partial charge in [0.1, 0.15) is 6.61 Å². The molecule has 0 radical (unpaired) electrons.